The zero-order chi connectivity index (χ0) is 20.4. The highest BCUT2D eigenvalue weighted by atomic mass is 35.5. The molecule has 3 N–H and O–H groups in total. The highest BCUT2D eigenvalue weighted by Gasteiger charge is 2.21. The van der Waals surface area contributed by atoms with E-state index in [1.54, 1.807) is 6.92 Å². The van der Waals surface area contributed by atoms with E-state index in [-0.39, 0.29) is 5.91 Å². The summed E-state index contributed by atoms with van der Waals surface area (Å²) in [6.45, 7) is 3.73. The minimum Gasteiger partial charge on any atom is -0.335 e. The number of nitrogens with two attached hydrogens (primary N) is 1. The molecule has 0 aliphatic heterocycles. The molecule has 0 spiro atoms. The van der Waals surface area contributed by atoms with Crippen molar-refractivity contribution in [1.29, 1.82) is 0 Å². The van der Waals surface area contributed by atoms with Gasteiger partial charge in [-0.05, 0) is 26.0 Å². The number of nitrogen functional groups attached to an aromatic ring is 1. The first-order valence-electron chi connectivity index (χ1n) is 8.16. The number of nitrogens with one attached hydrogen (secondary N) is 1. The van der Waals surface area contributed by atoms with Gasteiger partial charge in [0.2, 0.25) is 11.1 Å². The summed E-state index contributed by atoms with van der Waals surface area (Å²) in [4.78, 5) is 12.5. The first-order valence-corrected chi connectivity index (χ1v) is 10.2. The molecule has 1 aromatic heterocycles. The van der Waals surface area contributed by atoms with E-state index in [4.69, 9.17) is 40.6 Å². The lowest BCUT2D eigenvalue weighted by Gasteiger charge is -2.13. The molecule has 3 rings (SSSR count). The fourth-order valence-corrected chi connectivity index (χ4v) is 3.69. The lowest BCUT2D eigenvalue weighted by molar-refractivity contribution is -0.115. The molecule has 1 atom stereocenters. The Morgan fingerprint density at radius 3 is 2.43 bits per heavy atom. The molecule has 0 aliphatic rings. The van der Waals surface area contributed by atoms with Crippen LogP contribution in [0.3, 0.4) is 0 Å². The molecular weight excluding hydrogens is 441 g/mol. The minimum absolute atomic E-state index is 0.287. The van der Waals surface area contributed by atoms with E-state index in [1.165, 1.54) is 28.6 Å². The van der Waals surface area contributed by atoms with Crippen molar-refractivity contribution in [2.75, 3.05) is 11.2 Å². The second kappa shape index (κ2) is 8.61. The van der Waals surface area contributed by atoms with E-state index in [1.807, 2.05) is 31.2 Å². The summed E-state index contributed by atoms with van der Waals surface area (Å²) < 4.78 is 1.37. The third-order valence-electron chi connectivity index (χ3n) is 3.89. The fourth-order valence-electron chi connectivity index (χ4n) is 2.32. The molecule has 28 heavy (non-hydrogen) atoms. The van der Waals surface area contributed by atoms with Gasteiger partial charge in [0.15, 0.2) is 5.82 Å². The molecule has 0 radical (unpaired) electrons. The molecule has 0 saturated carbocycles. The van der Waals surface area contributed by atoms with Crippen LogP contribution in [-0.4, -0.2) is 26.0 Å². The van der Waals surface area contributed by atoms with E-state index in [0.29, 0.717) is 31.7 Å². The second-order valence-electron chi connectivity index (χ2n) is 6.04. The fraction of sp³-hybridized carbons (Fsp3) is 0.167. The number of thioether (sulfide) groups is 1. The van der Waals surface area contributed by atoms with Crippen LogP contribution >= 0.6 is 46.6 Å². The van der Waals surface area contributed by atoms with Crippen molar-refractivity contribution in [3.05, 3.63) is 57.0 Å². The van der Waals surface area contributed by atoms with Crippen LogP contribution in [0.4, 0.5) is 5.69 Å². The van der Waals surface area contributed by atoms with Crippen LogP contribution in [0.25, 0.3) is 11.4 Å². The lowest BCUT2D eigenvalue weighted by Crippen LogP contribution is -2.23. The van der Waals surface area contributed by atoms with Gasteiger partial charge in [-0.1, -0.05) is 76.4 Å². The number of carbonyl (C=O) groups is 1. The van der Waals surface area contributed by atoms with E-state index in [9.17, 15) is 4.79 Å². The maximum absolute atomic E-state index is 12.5. The number of rotatable bonds is 5. The van der Waals surface area contributed by atoms with Crippen LogP contribution in [-0.2, 0) is 4.79 Å². The number of anilines is 1. The zero-order valence-electron chi connectivity index (χ0n) is 14.9. The second-order valence-corrected chi connectivity index (χ2v) is 8.57. The average Bonchev–Trinajstić information content (AvgIpc) is 3.00. The van der Waals surface area contributed by atoms with Crippen LogP contribution in [0, 0.1) is 6.92 Å². The highest BCUT2D eigenvalue weighted by Crippen LogP contribution is 2.33. The minimum atomic E-state index is -0.511. The lowest BCUT2D eigenvalue weighted by atomic mass is 10.1. The van der Waals surface area contributed by atoms with E-state index < -0.39 is 5.25 Å². The van der Waals surface area contributed by atoms with Crippen LogP contribution in [0.5, 0.6) is 0 Å². The molecular formula is C18H16Cl3N5OS. The summed E-state index contributed by atoms with van der Waals surface area (Å²) in [7, 11) is 0. The quantitative estimate of drug-likeness (QED) is 0.319. The maximum Gasteiger partial charge on any atom is 0.237 e. The summed E-state index contributed by atoms with van der Waals surface area (Å²) in [5, 5.41) is 11.8. The number of hydrogen-bond donors (Lipinski definition) is 2. The van der Waals surface area contributed by atoms with E-state index in [2.05, 4.69) is 15.5 Å². The Hall–Kier alpha value is -1.93. The van der Waals surface area contributed by atoms with Gasteiger partial charge in [0.1, 0.15) is 0 Å². The number of aryl methyl sites for hydroxylation is 1. The van der Waals surface area contributed by atoms with Gasteiger partial charge in [0.25, 0.3) is 0 Å². The summed E-state index contributed by atoms with van der Waals surface area (Å²) in [6.07, 6.45) is 0. The number of carbonyl (C=O) groups excluding carboxylic acids is 1. The van der Waals surface area contributed by atoms with Gasteiger partial charge < -0.3 is 11.2 Å². The zero-order valence-corrected chi connectivity index (χ0v) is 18.0. The maximum atomic E-state index is 12.5. The Kier molecular flexibility index (Phi) is 6.40. The normalized spacial score (nSPS) is 12.0. The highest BCUT2D eigenvalue weighted by molar-refractivity contribution is 8.00. The molecule has 0 aliphatic carbocycles. The Morgan fingerprint density at radius 2 is 1.75 bits per heavy atom. The monoisotopic (exact) mass is 455 g/mol. The van der Waals surface area contributed by atoms with Crippen molar-refractivity contribution >= 4 is 58.2 Å². The Balaban J connectivity index is 1.73. The largest absolute Gasteiger partial charge is 0.335 e. The molecule has 3 aromatic rings. The molecule has 0 saturated heterocycles. The molecule has 0 fully saturated rings. The van der Waals surface area contributed by atoms with Crippen LogP contribution < -0.4 is 11.2 Å². The van der Waals surface area contributed by atoms with E-state index in [0.717, 1.165) is 11.1 Å². The van der Waals surface area contributed by atoms with Gasteiger partial charge >= 0.3 is 0 Å². The third-order valence-corrected chi connectivity index (χ3v) is 5.99. The summed E-state index contributed by atoms with van der Waals surface area (Å²) in [5.41, 5.74) is 2.35. The van der Waals surface area contributed by atoms with Gasteiger partial charge in [0, 0.05) is 5.56 Å². The number of hydrogen-bond acceptors (Lipinski definition) is 5. The predicted molar refractivity (Wildman–Crippen MR) is 116 cm³/mol. The standard InChI is InChI=1S/C18H16Cl3N5OS/c1-9-3-5-11(6-4-9)16-24-25-18(26(16)22)28-10(2)17(27)23-15-8-13(20)12(19)7-14(15)21/h3-8,10H,22H2,1-2H3,(H,23,27). The van der Waals surface area contributed by atoms with Crippen molar-refractivity contribution in [3.8, 4) is 11.4 Å². The molecule has 0 bridgehead atoms. The van der Waals surface area contributed by atoms with Crippen LogP contribution in [0.1, 0.15) is 12.5 Å². The molecule has 146 valence electrons. The molecule has 1 amide bonds. The number of aromatic nitrogens is 3. The van der Waals surface area contributed by atoms with Crippen LogP contribution in [0.2, 0.25) is 15.1 Å². The van der Waals surface area contributed by atoms with Gasteiger partial charge in [-0.3, -0.25) is 4.79 Å². The predicted octanol–water partition coefficient (Wildman–Crippen LogP) is 5.05. The first-order chi connectivity index (χ1) is 13.3. The van der Waals surface area contributed by atoms with E-state index >= 15 is 0 Å². The summed E-state index contributed by atoms with van der Waals surface area (Å²) in [5.74, 6) is 6.35. The number of amides is 1. The van der Waals surface area contributed by atoms with Gasteiger partial charge in [-0.2, -0.15) is 0 Å². The number of nitrogens with zero attached hydrogens (tertiary/aromatic N) is 3. The van der Waals surface area contributed by atoms with Crippen molar-refractivity contribution in [2.45, 2.75) is 24.3 Å². The average molecular weight is 457 g/mol. The number of benzene rings is 2. The molecule has 1 heterocycles. The first kappa shape index (κ1) is 20.8. The molecule has 1 unspecified atom stereocenters. The molecule has 2 aromatic carbocycles. The summed E-state index contributed by atoms with van der Waals surface area (Å²) in [6, 6.07) is 10.7. The molecule has 10 heteroatoms. The Morgan fingerprint density at radius 1 is 1.11 bits per heavy atom. The van der Waals surface area contributed by atoms with Crippen molar-refractivity contribution in [1.82, 2.24) is 14.9 Å². The van der Waals surface area contributed by atoms with Crippen molar-refractivity contribution in [2.24, 2.45) is 0 Å². The van der Waals surface area contributed by atoms with Crippen molar-refractivity contribution < 1.29 is 4.79 Å². The molecule has 6 nitrogen and oxygen atoms in total. The van der Waals surface area contributed by atoms with Gasteiger partial charge in [0.05, 0.1) is 26.0 Å². The van der Waals surface area contributed by atoms with Crippen LogP contribution in [0.15, 0.2) is 41.6 Å². The Bertz CT molecular complexity index is 1020. The topological polar surface area (TPSA) is 85.8 Å². The van der Waals surface area contributed by atoms with Gasteiger partial charge in [-0.25, -0.2) is 4.68 Å². The summed E-state index contributed by atoms with van der Waals surface area (Å²) >= 11 is 19.2. The number of halogens is 3. The smallest absolute Gasteiger partial charge is 0.237 e. The van der Waals surface area contributed by atoms with Crippen molar-refractivity contribution in [3.63, 3.8) is 0 Å². The Labute approximate surface area is 181 Å². The third kappa shape index (κ3) is 4.55. The van der Waals surface area contributed by atoms with Gasteiger partial charge in [-0.15, -0.1) is 10.2 Å². The SMILES string of the molecule is Cc1ccc(-c2nnc(SC(C)C(=O)Nc3cc(Cl)c(Cl)cc3Cl)n2N)cc1.